The Morgan fingerprint density at radius 1 is 1.11 bits per heavy atom. The van der Waals surface area contributed by atoms with E-state index in [-0.39, 0.29) is 5.82 Å². The second-order valence-electron chi connectivity index (χ2n) is 4.54. The molecule has 0 unspecified atom stereocenters. The molecule has 0 saturated heterocycles. The Morgan fingerprint density at radius 2 is 1.84 bits per heavy atom. The molecule has 100 valence electrons. The van der Waals surface area contributed by atoms with Crippen molar-refractivity contribution in [1.82, 2.24) is 0 Å². The molecule has 0 radical (unpaired) electrons. The van der Waals surface area contributed by atoms with E-state index in [1.807, 2.05) is 37.3 Å². The van der Waals surface area contributed by atoms with Gasteiger partial charge in [-0.1, -0.05) is 12.1 Å². The molecule has 0 aliphatic carbocycles. The molecule has 0 atom stereocenters. The van der Waals surface area contributed by atoms with Crippen LogP contribution in [0.2, 0.25) is 0 Å². The number of hydrogen-bond acceptors (Lipinski definition) is 2. The van der Waals surface area contributed by atoms with E-state index in [9.17, 15) is 4.39 Å². The first kappa shape index (κ1) is 13.4. The van der Waals surface area contributed by atoms with Crippen molar-refractivity contribution in [1.29, 1.82) is 0 Å². The predicted molar refractivity (Wildman–Crippen MR) is 76.3 cm³/mol. The molecule has 2 rings (SSSR count). The lowest BCUT2D eigenvalue weighted by atomic mass is 10.1. The molecule has 0 saturated carbocycles. The maximum atomic E-state index is 13.2. The number of anilines is 1. The van der Waals surface area contributed by atoms with Gasteiger partial charge < -0.3 is 10.1 Å². The summed E-state index contributed by atoms with van der Waals surface area (Å²) in [5.41, 5.74) is 2.97. The average Bonchev–Trinajstić information content (AvgIpc) is 2.38. The third-order valence-corrected chi connectivity index (χ3v) is 2.94. The Hall–Kier alpha value is -2.03. The van der Waals surface area contributed by atoms with E-state index in [1.54, 1.807) is 7.11 Å². The van der Waals surface area contributed by atoms with Crippen molar-refractivity contribution >= 4 is 5.69 Å². The van der Waals surface area contributed by atoms with Gasteiger partial charge in [-0.05, 0) is 54.8 Å². The third-order valence-electron chi connectivity index (χ3n) is 2.94. The zero-order valence-electron chi connectivity index (χ0n) is 11.2. The van der Waals surface area contributed by atoms with Gasteiger partial charge in [-0.25, -0.2) is 4.39 Å². The zero-order chi connectivity index (χ0) is 13.7. The van der Waals surface area contributed by atoms with Crippen LogP contribution in [0, 0.1) is 12.7 Å². The van der Waals surface area contributed by atoms with E-state index in [2.05, 4.69) is 5.32 Å². The van der Waals surface area contributed by atoms with Crippen LogP contribution in [-0.4, -0.2) is 13.7 Å². The van der Waals surface area contributed by atoms with Gasteiger partial charge in [0.25, 0.3) is 0 Å². The molecule has 0 spiro atoms. The molecule has 0 aliphatic heterocycles. The van der Waals surface area contributed by atoms with Crippen molar-refractivity contribution in [3.63, 3.8) is 0 Å². The van der Waals surface area contributed by atoms with E-state index in [1.165, 1.54) is 17.7 Å². The van der Waals surface area contributed by atoms with Crippen molar-refractivity contribution in [2.24, 2.45) is 0 Å². The lowest BCUT2D eigenvalue weighted by Crippen LogP contribution is -2.05. The number of aryl methyl sites for hydroxylation is 1. The Bertz CT molecular complexity index is 517. The second-order valence-corrected chi connectivity index (χ2v) is 4.54. The van der Waals surface area contributed by atoms with E-state index in [0.717, 1.165) is 30.0 Å². The van der Waals surface area contributed by atoms with Crippen molar-refractivity contribution in [3.8, 4) is 5.75 Å². The summed E-state index contributed by atoms with van der Waals surface area (Å²) in [5.74, 6) is 0.657. The highest BCUT2D eigenvalue weighted by molar-refractivity contribution is 5.46. The molecule has 0 heterocycles. The smallest absolute Gasteiger partial charge is 0.125 e. The summed E-state index contributed by atoms with van der Waals surface area (Å²) in [6, 6.07) is 12.9. The van der Waals surface area contributed by atoms with Crippen LogP contribution in [0.4, 0.5) is 10.1 Å². The Labute approximate surface area is 113 Å². The molecule has 19 heavy (non-hydrogen) atoms. The largest absolute Gasteiger partial charge is 0.497 e. The first-order valence-electron chi connectivity index (χ1n) is 6.31. The Kier molecular flexibility index (Phi) is 4.39. The van der Waals surface area contributed by atoms with Crippen LogP contribution in [-0.2, 0) is 6.42 Å². The van der Waals surface area contributed by atoms with Crippen LogP contribution in [0.3, 0.4) is 0 Å². The van der Waals surface area contributed by atoms with Gasteiger partial charge in [-0.2, -0.15) is 0 Å². The second kappa shape index (κ2) is 6.23. The van der Waals surface area contributed by atoms with Gasteiger partial charge in [0.2, 0.25) is 0 Å². The molecule has 0 fully saturated rings. The molecule has 0 amide bonds. The van der Waals surface area contributed by atoms with E-state index >= 15 is 0 Å². The highest BCUT2D eigenvalue weighted by Crippen LogP contribution is 2.14. The zero-order valence-corrected chi connectivity index (χ0v) is 11.2. The van der Waals surface area contributed by atoms with Gasteiger partial charge in [0.15, 0.2) is 0 Å². The quantitative estimate of drug-likeness (QED) is 0.882. The summed E-state index contributed by atoms with van der Waals surface area (Å²) < 4.78 is 18.3. The van der Waals surface area contributed by atoms with E-state index in [4.69, 9.17) is 4.74 Å². The first-order valence-corrected chi connectivity index (χ1v) is 6.31. The van der Waals surface area contributed by atoms with E-state index < -0.39 is 0 Å². The molecule has 1 N–H and O–H groups in total. The number of rotatable bonds is 5. The predicted octanol–water partition coefficient (Wildman–Crippen LogP) is 3.80. The number of nitrogens with one attached hydrogen (secondary N) is 1. The monoisotopic (exact) mass is 259 g/mol. The van der Waals surface area contributed by atoms with Crippen molar-refractivity contribution in [3.05, 3.63) is 59.4 Å². The number of halogens is 1. The van der Waals surface area contributed by atoms with Crippen molar-refractivity contribution < 1.29 is 9.13 Å². The molecule has 2 nitrogen and oxygen atoms in total. The van der Waals surface area contributed by atoms with Crippen LogP contribution in [0.5, 0.6) is 5.75 Å². The fourth-order valence-electron chi connectivity index (χ4n) is 1.98. The SMILES string of the molecule is COc1ccc(CCNc2cc(C)cc(F)c2)cc1. The molecule has 0 aromatic heterocycles. The molecule has 0 aliphatic rings. The van der Waals surface area contributed by atoms with Gasteiger partial charge in [0.1, 0.15) is 11.6 Å². The third kappa shape index (κ3) is 3.98. The Balaban J connectivity index is 1.88. The lowest BCUT2D eigenvalue weighted by Gasteiger charge is -2.08. The number of hydrogen-bond donors (Lipinski definition) is 1. The lowest BCUT2D eigenvalue weighted by molar-refractivity contribution is 0.414. The van der Waals surface area contributed by atoms with Gasteiger partial charge in [-0.15, -0.1) is 0 Å². The van der Waals surface area contributed by atoms with Crippen molar-refractivity contribution in [2.45, 2.75) is 13.3 Å². The van der Waals surface area contributed by atoms with Crippen LogP contribution in [0.1, 0.15) is 11.1 Å². The van der Waals surface area contributed by atoms with Gasteiger partial charge in [0, 0.05) is 12.2 Å². The first-order chi connectivity index (χ1) is 9.17. The summed E-state index contributed by atoms with van der Waals surface area (Å²) >= 11 is 0. The average molecular weight is 259 g/mol. The highest BCUT2D eigenvalue weighted by Gasteiger charge is 1.98. The van der Waals surface area contributed by atoms with Gasteiger partial charge >= 0.3 is 0 Å². The maximum Gasteiger partial charge on any atom is 0.125 e. The highest BCUT2D eigenvalue weighted by atomic mass is 19.1. The molecular formula is C16H18FNO. The molecular weight excluding hydrogens is 241 g/mol. The van der Waals surface area contributed by atoms with Crippen LogP contribution in [0.15, 0.2) is 42.5 Å². The van der Waals surface area contributed by atoms with Crippen molar-refractivity contribution in [2.75, 3.05) is 19.0 Å². The van der Waals surface area contributed by atoms with Crippen LogP contribution in [0.25, 0.3) is 0 Å². The standard InChI is InChI=1S/C16H18FNO/c1-12-9-14(17)11-15(10-12)18-8-7-13-3-5-16(19-2)6-4-13/h3-6,9-11,18H,7-8H2,1-2H3. The minimum Gasteiger partial charge on any atom is -0.497 e. The maximum absolute atomic E-state index is 13.2. The number of ether oxygens (including phenoxy) is 1. The van der Waals surface area contributed by atoms with Gasteiger partial charge in [0.05, 0.1) is 7.11 Å². The van der Waals surface area contributed by atoms with Crippen LogP contribution < -0.4 is 10.1 Å². The Morgan fingerprint density at radius 3 is 2.47 bits per heavy atom. The molecule has 2 aromatic rings. The topological polar surface area (TPSA) is 21.3 Å². The number of benzene rings is 2. The minimum atomic E-state index is -0.202. The summed E-state index contributed by atoms with van der Waals surface area (Å²) in [5, 5.41) is 3.23. The summed E-state index contributed by atoms with van der Waals surface area (Å²) in [4.78, 5) is 0. The van der Waals surface area contributed by atoms with Gasteiger partial charge in [-0.3, -0.25) is 0 Å². The van der Waals surface area contributed by atoms with Crippen LogP contribution >= 0.6 is 0 Å². The fourth-order valence-corrected chi connectivity index (χ4v) is 1.98. The molecule has 3 heteroatoms. The summed E-state index contributed by atoms with van der Waals surface area (Å²) in [7, 11) is 1.66. The summed E-state index contributed by atoms with van der Waals surface area (Å²) in [6.45, 7) is 2.66. The fraction of sp³-hybridized carbons (Fsp3) is 0.250. The summed E-state index contributed by atoms with van der Waals surface area (Å²) in [6.07, 6.45) is 0.888. The number of methoxy groups -OCH3 is 1. The normalized spacial score (nSPS) is 10.3. The minimum absolute atomic E-state index is 0.202. The van der Waals surface area contributed by atoms with E-state index in [0.29, 0.717) is 0 Å². The molecule has 2 aromatic carbocycles. The molecule has 0 bridgehead atoms.